The van der Waals surface area contributed by atoms with Crippen LogP contribution < -0.4 is 5.32 Å². The van der Waals surface area contributed by atoms with Crippen molar-refractivity contribution in [2.45, 2.75) is 58.9 Å². The van der Waals surface area contributed by atoms with Crippen LogP contribution in [0.3, 0.4) is 0 Å². The highest BCUT2D eigenvalue weighted by molar-refractivity contribution is 5.26. The van der Waals surface area contributed by atoms with Crippen LogP contribution in [-0.2, 0) is 0 Å². The Hall–Kier alpha value is -0.890. The van der Waals surface area contributed by atoms with Crippen LogP contribution in [0.5, 0.6) is 0 Å². The predicted molar refractivity (Wildman–Crippen MR) is 76.3 cm³/mol. The molecule has 0 heterocycles. The Morgan fingerprint density at radius 3 is 2.61 bits per heavy atom. The van der Waals surface area contributed by atoms with Gasteiger partial charge in [-0.05, 0) is 26.0 Å². The summed E-state index contributed by atoms with van der Waals surface area (Å²) in [6, 6.07) is 5.55. The summed E-state index contributed by atoms with van der Waals surface area (Å²) in [6.07, 6.45) is 5.94. The molecular weight excluding hydrogens is 225 g/mol. The first-order valence-corrected chi connectivity index (χ1v) is 7.18. The third kappa shape index (κ3) is 4.77. The van der Waals surface area contributed by atoms with Crippen LogP contribution in [0.1, 0.15) is 63.1 Å². The standard InChI is InChI=1S/C16H26FN/c1-4-6-7-8-9-16(18-5-2)14-12-13(3)10-11-15(14)17/h10-12,16,18H,4-9H2,1-3H3. The molecule has 1 atom stereocenters. The first-order chi connectivity index (χ1) is 8.69. The molecule has 18 heavy (non-hydrogen) atoms. The van der Waals surface area contributed by atoms with E-state index in [-0.39, 0.29) is 11.9 Å². The maximum atomic E-state index is 13.9. The second-order valence-corrected chi connectivity index (χ2v) is 4.98. The SMILES string of the molecule is CCCCCCC(NCC)c1cc(C)ccc1F. The molecule has 0 aliphatic rings. The number of hydrogen-bond donors (Lipinski definition) is 1. The molecule has 0 amide bonds. The van der Waals surface area contributed by atoms with Gasteiger partial charge in [0.25, 0.3) is 0 Å². The maximum Gasteiger partial charge on any atom is 0.127 e. The van der Waals surface area contributed by atoms with Crippen molar-refractivity contribution in [3.8, 4) is 0 Å². The Bertz CT molecular complexity index is 349. The van der Waals surface area contributed by atoms with E-state index in [0.717, 1.165) is 24.1 Å². The van der Waals surface area contributed by atoms with Gasteiger partial charge < -0.3 is 5.32 Å². The van der Waals surface area contributed by atoms with Crippen molar-refractivity contribution in [2.24, 2.45) is 0 Å². The van der Waals surface area contributed by atoms with Crippen LogP contribution in [0.2, 0.25) is 0 Å². The van der Waals surface area contributed by atoms with Gasteiger partial charge in [-0.25, -0.2) is 4.39 Å². The Kier molecular flexibility index (Phi) is 6.96. The van der Waals surface area contributed by atoms with E-state index in [1.807, 2.05) is 19.1 Å². The number of rotatable bonds is 8. The van der Waals surface area contributed by atoms with E-state index in [0.29, 0.717) is 0 Å². The second kappa shape index (κ2) is 8.25. The molecule has 1 N–H and O–H groups in total. The van der Waals surface area contributed by atoms with E-state index in [1.54, 1.807) is 6.07 Å². The van der Waals surface area contributed by atoms with Gasteiger partial charge in [0, 0.05) is 11.6 Å². The lowest BCUT2D eigenvalue weighted by atomic mass is 9.98. The molecule has 1 unspecified atom stereocenters. The van der Waals surface area contributed by atoms with Gasteiger partial charge in [-0.2, -0.15) is 0 Å². The van der Waals surface area contributed by atoms with E-state index in [9.17, 15) is 4.39 Å². The van der Waals surface area contributed by atoms with Crippen LogP contribution in [0.4, 0.5) is 4.39 Å². The molecule has 1 aromatic rings. The Labute approximate surface area is 111 Å². The topological polar surface area (TPSA) is 12.0 Å². The zero-order valence-corrected chi connectivity index (χ0v) is 11.9. The summed E-state index contributed by atoms with van der Waals surface area (Å²) in [6.45, 7) is 7.18. The average Bonchev–Trinajstić information content (AvgIpc) is 2.36. The summed E-state index contributed by atoms with van der Waals surface area (Å²) in [7, 11) is 0. The highest BCUT2D eigenvalue weighted by Crippen LogP contribution is 2.23. The van der Waals surface area contributed by atoms with E-state index < -0.39 is 0 Å². The summed E-state index contributed by atoms with van der Waals surface area (Å²) in [5.74, 6) is -0.0814. The van der Waals surface area contributed by atoms with Gasteiger partial charge in [0.05, 0.1) is 0 Å². The van der Waals surface area contributed by atoms with Crippen molar-refractivity contribution in [2.75, 3.05) is 6.54 Å². The first-order valence-electron chi connectivity index (χ1n) is 7.18. The molecule has 0 aliphatic heterocycles. The first kappa shape index (κ1) is 15.2. The fraction of sp³-hybridized carbons (Fsp3) is 0.625. The van der Waals surface area contributed by atoms with Gasteiger partial charge in [0.2, 0.25) is 0 Å². The molecule has 0 spiro atoms. The molecule has 102 valence electrons. The number of aryl methyl sites for hydroxylation is 1. The third-order valence-electron chi connectivity index (χ3n) is 3.32. The fourth-order valence-electron chi connectivity index (χ4n) is 2.32. The molecular formula is C16H26FN. The van der Waals surface area contributed by atoms with Crippen molar-refractivity contribution < 1.29 is 4.39 Å². The number of benzene rings is 1. The zero-order chi connectivity index (χ0) is 13.4. The van der Waals surface area contributed by atoms with Crippen LogP contribution >= 0.6 is 0 Å². The maximum absolute atomic E-state index is 13.9. The molecule has 1 rings (SSSR count). The minimum Gasteiger partial charge on any atom is -0.310 e. The molecule has 0 fully saturated rings. The smallest absolute Gasteiger partial charge is 0.127 e. The summed E-state index contributed by atoms with van der Waals surface area (Å²) in [5, 5.41) is 3.40. The van der Waals surface area contributed by atoms with Crippen LogP contribution in [0, 0.1) is 12.7 Å². The Morgan fingerprint density at radius 1 is 1.17 bits per heavy atom. The molecule has 0 aliphatic carbocycles. The highest BCUT2D eigenvalue weighted by Gasteiger charge is 2.14. The van der Waals surface area contributed by atoms with Gasteiger partial charge in [-0.3, -0.25) is 0 Å². The minimum atomic E-state index is -0.0814. The number of nitrogens with one attached hydrogen (secondary N) is 1. The number of hydrogen-bond acceptors (Lipinski definition) is 1. The molecule has 1 nitrogen and oxygen atoms in total. The summed E-state index contributed by atoms with van der Waals surface area (Å²) in [5.41, 5.74) is 1.95. The van der Waals surface area contributed by atoms with Crippen molar-refractivity contribution in [1.29, 1.82) is 0 Å². The minimum absolute atomic E-state index is 0.0814. The van der Waals surface area contributed by atoms with Gasteiger partial charge in [0.1, 0.15) is 5.82 Å². The predicted octanol–water partition coefficient (Wildman–Crippen LogP) is 4.76. The summed E-state index contributed by atoms with van der Waals surface area (Å²) < 4.78 is 13.9. The average molecular weight is 251 g/mol. The van der Waals surface area contributed by atoms with Crippen molar-refractivity contribution in [3.05, 3.63) is 35.1 Å². The lowest BCUT2D eigenvalue weighted by Crippen LogP contribution is -2.22. The lowest BCUT2D eigenvalue weighted by Gasteiger charge is -2.19. The zero-order valence-electron chi connectivity index (χ0n) is 11.9. The van der Waals surface area contributed by atoms with Gasteiger partial charge in [-0.1, -0.05) is 57.2 Å². The van der Waals surface area contributed by atoms with Crippen LogP contribution in [0.25, 0.3) is 0 Å². The highest BCUT2D eigenvalue weighted by atomic mass is 19.1. The molecule has 2 heteroatoms. The molecule has 0 bridgehead atoms. The molecule has 0 saturated heterocycles. The number of unbranched alkanes of at least 4 members (excludes halogenated alkanes) is 3. The monoisotopic (exact) mass is 251 g/mol. The van der Waals surface area contributed by atoms with E-state index >= 15 is 0 Å². The molecule has 0 saturated carbocycles. The largest absolute Gasteiger partial charge is 0.310 e. The van der Waals surface area contributed by atoms with Crippen molar-refractivity contribution in [3.63, 3.8) is 0 Å². The van der Waals surface area contributed by atoms with E-state index in [4.69, 9.17) is 0 Å². The Balaban J connectivity index is 2.67. The van der Waals surface area contributed by atoms with Gasteiger partial charge in [0.15, 0.2) is 0 Å². The van der Waals surface area contributed by atoms with Gasteiger partial charge in [-0.15, -0.1) is 0 Å². The Morgan fingerprint density at radius 2 is 1.94 bits per heavy atom. The number of halogens is 1. The fourth-order valence-corrected chi connectivity index (χ4v) is 2.32. The van der Waals surface area contributed by atoms with E-state index in [2.05, 4.69) is 19.2 Å². The lowest BCUT2D eigenvalue weighted by molar-refractivity contribution is 0.460. The molecule has 1 aromatic carbocycles. The molecule has 0 aromatic heterocycles. The summed E-state index contributed by atoms with van der Waals surface area (Å²) >= 11 is 0. The second-order valence-electron chi connectivity index (χ2n) is 4.98. The van der Waals surface area contributed by atoms with Gasteiger partial charge >= 0.3 is 0 Å². The summed E-state index contributed by atoms with van der Waals surface area (Å²) in [4.78, 5) is 0. The van der Waals surface area contributed by atoms with E-state index in [1.165, 1.54) is 25.7 Å². The molecule has 0 radical (unpaired) electrons. The van der Waals surface area contributed by atoms with Crippen LogP contribution in [-0.4, -0.2) is 6.54 Å². The van der Waals surface area contributed by atoms with Crippen molar-refractivity contribution in [1.82, 2.24) is 5.32 Å². The normalized spacial score (nSPS) is 12.7. The quantitative estimate of drug-likeness (QED) is 0.657. The van der Waals surface area contributed by atoms with Crippen LogP contribution in [0.15, 0.2) is 18.2 Å². The van der Waals surface area contributed by atoms with Crippen molar-refractivity contribution >= 4 is 0 Å². The third-order valence-corrected chi connectivity index (χ3v) is 3.32.